The topological polar surface area (TPSA) is 40.1 Å². The Hall–Kier alpha value is -0.570. The Bertz CT molecular complexity index is 162. The largest absolute Gasteiger partial charge is 0.498 e. The van der Waals surface area contributed by atoms with Crippen LogP contribution in [0.1, 0.15) is 32.6 Å². The van der Waals surface area contributed by atoms with Gasteiger partial charge in [-0.05, 0) is 6.42 Å². The van der Waals surface area contributed by atoms with E-state index in [9.17, 15) is 9.90 Å². The van der Waals surface area contributed by atoms with Crippen LogP contribution in [0.3, 0.4) is 0 Å². The van der Waals surface area contributed by atoms with E-state index >= 15 is 0 Å². The van der Waals surface area contributed by atoms with Crippen molar-refractivity contribution in [2.24, 2.45) is 0 Å². The second-order valence-corrected chi connectivity index (χ2v) is 3.64. The Morgan fingerprint density at radius 1 is 1.42 bits per heavy atom. The maximum absolute atomic E-state index is 10.9. The molecule has 0 N–H and O–H groups in total. The van der Waals surface area contributed by atoms with E-state index in [0.717, 1.165) is 45.3 Å². The highest BCUT2D eigenvalue weighted by Crippen LogP contribution is 2.19. The first-order chi connectivity index (χ1) is 5.71. The molecule has 0 radical (unpaired) electrons. The lowest BCUT2D eigenvalue weighted by molar-refractivity contribution is -0.864. The van der Waals surface area contributed by atoms with E-state index < -0.39 is 6.09 Å². The molecular weight excluding hydrogens is 154 g/mol. The van der Waals surface area contributed by atoms with Crippen molar-refractivity contribution in [2.75, 3.05) is 19.6 Å². The zero-order valence-corrected chi connectivity index (χ0v) is 7.71. The molecule has 0 atom stereocenters. The molecule has 0 bridgehead atoms. The van der Waals surface area contributed by atoms with Crippen LogP contribution in [0.2, 0.25) is 0 Å². The highest BCUT2D eigenvalue weighted by atomic mass is 16.4. The smallest absolute Gasteiger partial charge is 0.257 e. The molecule has 0 aromatic heterocycles. The third-order valence-electron chi connectivity index (χ3n) is 2.75. The standard InChI is InChI=1S/C9H17NO2/c1-2-3-6-10(9(11)12)7-4-5-8-10/h2-8H2,1H3. The van der Waals surface area contributed by atoms with Gasteiger partial charge in [0, 0.05) is 12.8 Å². The minimum atomic E-state index is -0.874. The molecule has 12 heavy (non-hydrogen) atoms. The average molecular weight is 171 g/mol. The van der Waals surface area contributed by atoms with Crippen molar-refractivity contribution in [1.29, 1.82) is 0 Å². The molecule has 1 fully saturated rings. The van der Waals surface area contributed by atoms with Crippen LogP contribution < -0.4 is 5.11 Å². The van der Waals surface area contributed by atoms with Crippen LogP contribution in [0.15, 0.2) is 0 Å². The fourth-order valence-electron chi connectivity index (χ4n) is 1.90. The summed E-state index contributed by atoms with van der Waals surface area (Å²) in [4.78, 5) is 10.9. The van der Waals surface area contributed by atoms with Gasteiger partial charge in [0.25, 0.3) is 6.09 Å². The van der Waals surface area contributed by atoms with Gasteiger partial charge in [0.15, 0.2) is 0 Å². The molecule has 1 saturated heterocycles. The van der Waals surface area contributed by atoms with Crippen molar-refractivity contribution >= 4 is 6.09 Å². The van der Waals surface area contributed by atoms with Crippen LogP contribution in [-0.4, -0.2) is 30.2 Å². The fourth-order valence-corrected chi connectivity index (χ4v) is 1.90. The zero-order chi connectivity index (χ0) is 9.03. The molecule has 0 saturated carbocycles. The molecule has 0 aromatic rings. The Kier molecular flexibility index (Phi) is 3.09. The van der Waals surface area contributed by atoms with Gasteiger partial charge >= 0.3 is 0 Å². The molecule has 0 aromatic carbocycles. The van der Waals surface area contributed by atoms with Gasteiger partial charge in [-0.3, -0.25) is 4.48 Å². The number of rotatable bonds is 3. The molecular formula is C9H17NO2. The van der Waals surface area contributed by atoms with E-state index in [-0.39, 0.29) is 4.48 Å². The minimum absolute atomic E-state index is 0.216. The number of carbonyl (C=O) groups is 1. The summed E-state index contributed by atoms with van der Waals surface area (Å²) in [5.41, 5.74) is 0. The van der Waals surface area contributed by atoms with Gasteiger partial charge in [0.2, 0.25) is 0 Å². The number of carbonyl (C=O) groups excluding carboxylic acids is 1. The molecule has 1 heterocycles. The van der Waals surface area contributed by atoms with Crippen LogP contribution in [-0.2, 0) is 0 Å². The predicted octanol–water partition coefficient (Wildman–Crippen LogP) is 0.740. The first kappa shape index (κ1) is 9.52. The average Bonchev–Trinajstić information content (AvgIpc) is 2.50. The third kappa shape index (κ3) is 1.78. The summed E-state index contributed by atoms with van der Waals surface area (Å²) in [7, 11) is 0. The molecule has 0 unspecified atom stereocenters. The van der Waals surface area contributed by atoms with Crippen molar-refractivity contribution in [2.45, 2.75) is 32.6 Å². The monoisotopic (exact) mass is 171 g/mol. The number of likely N-dealkylation sites (tertiary alicyclic amines) is 1. The van der Waals surface area contributed by atoms with Crippen molar-refractivity contribution in [3.05, 3.63) is 0 Å². The van der Waals surface area contributed by atoms with E-state index in [1.165, 1.54) is 0 Å². The fraction of sp³-hybridized carbons (Fsp3) is 0.889. The number of carboxylic acid groups (broad SMARTS) is 1. The first-order valence-electron chi connectivity index (χ1n) is 4.79. The van der Waals surface area contributed by atoms with E-state index in [0.29, 0.717) is 0 Å². The molecule has 1 rings (SSSR count). The summed E-state index contributed by atoms with van der Waals surface area (Å²) in [6.45, 7) is 4.41. The van der Waals surface area contributed by atoms with Gasteiger partial charge in [-0.1, -0.05) is 13.3 Å². The Labute approximate surface area is 73.6 Å². The molecule has 1 amide bonds. The highest BCUT2D eigenvalue weighted by Gasteiger charge is 2.33. The third-order valence-corrected chi connectivity index (χ3v) is 2.75. The maximum Gasteiger partial charge on any atom is 0.257 e. The zero-order valence-electron chi connectivity index (χ0n) is 7.71. The van der Waals surface area contributed by atoms with Crippen LogP contribution in [0.5, 0.6) is 0 Å². The number of quaternary nitrogens is 1. The van der Waals surface area contributed by atoms with Gasteiger partial charge < -0.3 is 9.90 Å². The number of amides is 1. The summed E-state index contributed by atoms with van der Waals surface area (Å²) in [5, 5.41) is 10.9. The van der Waals surface area contributed by atoms with E-state index in [2.05, 4.69) is 6.92 Å². The van der Waals surface area contributed by atoms with Gasteiger partial charge in [0.05, 0.1) is 19.6 Å². The first-order valence-corrected chi connectivity index (χ1v) is 4.79. The van der Waals surface area contributed by atoms with Gasteiger partial charge in [-0.2, -0.15) is 0 Å². The van der Waals surface area contributed by atoms with Crippen molar-refractivity contribution in [3.63, 3.8) is 0 Å². The molecule has 70 valence electrons. The summed E-state index contributed by atoms with van der Waals surface area (Å²) >= 11 is 0. The molecule has 3 heteroatoms. The summed E-state index contributed by atoms with van der Waals surface area (Å²) in [5.74, 6) is 0. The highest BCUT2D eigenvalue weighted by molar-refractivity contribution is 5.54. The lowest BCUT2D eigenvalue weighted by atomic mass is 10.3. The van der Waals surface area contributed by atoms with E-state index in [1.54, 1.807) is 0 Å². The van der Waals surface area contributed by atoms with Crippen LogP contribution >= 0.6 is 0 Å². The molecule has 1 aliphatic rings. The molecule has 0 spiro atoms. The maximum atomic E-state index is 10.9. The SMILES string of the molecule is CCCC[N+]1(C(=O)[O-])CCCC1. The lowest BCUT2D eigenvalue weighted by Crippen LogP contribution is -2.57. The van der Waals surface area contributed by atoms with Gasteiger partial charge in [-0.15, -0.1) is 0 Å². The Morgan fingerprint density at radius 2 is 2.00 bits per heavy atom. The summed E-state index contributed by atoms with van der Waals surface area (Å²) in [6.07, 6.45) is 3.26. The lowest BCUT2D eigenvalue weighted by Gasteiger charge is -2.33. The molecule has 1 aliphatic heterocycles. The Balaban J connectivity index is 2.53. The Morgan fingerprint density at radius 3 is 2.42 bits per heavy atom. The second kappa shape index (κ2) is 3.90. The van der Waals surface area contributed by atoms with E-state index in [1.807, 2.05) is 0 Å². The second-order valence-electron chi connectivity index (χ2n) is 3.64. The summed E-state index contributed by atoms with van der Waals surface area (Å²) < 4.78 is 0.216. The van der Waals surface area contributed by atoms with Crippen LogP contribution in [0.4, 0.5) is 4.79 Å². The number of nitrogens with zero attached hydrogens (tertiary/aromatic N) is 1. The van der Waals surface area contributed by atoms with Crippen LogP contribution in [0, 0.1) is 0 Å². The quantitative estimate of drug-likeness (QED) is 0.588. The van der Waals surface area contributed by atoms with Gasteiger partial charge in [0.1, 0.15) is 0 Å². The van der Waals surface area contributed by atoms with E-state index in [4.69, 9.17) is 0 Å². The number of hydrogen-bond acceptors (Lipinski definition) is 2. The van der Waals surface area contributed by atoms with Gasteiger partial charge in [-0.25, -0.2) is 0 Å². The van der Waals surface area contributed by atoms with Crippen molar-refractivity contribution < 1.29 is 14.4 Å². The normalized spacial score (nSPS) is 21.1. The van der Waals surface area contributed by atoms with Crippen molar-refractivity contribution in [1.82, 2.24) is 0 Å². The molecule has 3 nitrogen and oxygen atoms in total. The predicted molar refractivity (Wildman–Crippen MR) is 44.4 cm³/mol. The number of hydrogen-bond donors (Lipinski definition) is 0. The number of unbranched alkanes of at least 4 members (excludes halogenated alkanes) is 1. The summed E-state index contributed by atoms with van der Waals surface area (Å²) in [6, 6.07) is 0. The van der Waals surface area contributed by atoms with Crippen LogP contribution in [0.25, 0.3) is 0 Å². The van der Waals surface area contributed by atoms with Crippen molar-refractivity contribution in [3.8, 4) is 0 Å². The minimum Gasteiger partial charge on any atom is -0.498 e. The molecule has 0 aliphatic carbocycles.